The molecule has 1 atom stereocenters. The zero-order chi connectivity index (χ0) is 13.9. The SMILES string of the molecule is CC(C)c1ccc(NC(=O)C2(C)CCCCN2)cc1. The van der Waals surface area contributed by atoms with Crippen LogP contribution in [0.2, 0.25) is 0 Å². The van der Waals surface area contributed by atoms with E-state index in [1.807, 2.05) is 19.1 Å². The molecule has 1 fully saturated rings. The van der Waals surface area contributed by atoms with Gasteiger partial charge in [0.25, 0.3) is 0 Å². The summed E-state index contributed by atoms with van der Waals surface area (Å²) in [4.78, 5) is 12.3. The van der Waals surface area contributed by atoms with E-state index < -0.39 is 5.54 Å². The first-order valence-corrected chi connectivity index (χ1v) is 7.18. The molecule has 0 aromatic heterocycles. The average molecular weight is 260 g/mol. The molecule has 0 saturated carbocycles. The third-order valence-electron chi connectivity index (χ3n) is 3.96. The Morgan fingerprint density at radius 2 is 1.95 bits per heavy atom. The minimum absolute atomic E-state index is 0.0736. The molecule has 0 aliphatic carbocycles. The Hall–Kier alpha value is -1.35. The zero-order valence-electron chi connectivity index (χ0n) is 12.1. The lowest BCUT2D eigenvalue weighted by Crippen LogP contribution is -2.54. The second-order valence-corrected chi connectivity index (χ2v) is 5.95. The van der Waals surface area contributed by atoms with Crippen molar-refractivity contribution in [3.05, 3.63) is 29.8 Å². The molecular formula is C16H24N2O. The molecule has 1 aliphatic rings. The van der Waals surface area contributed by atoms with Crippen LogP contribution in [-0.4, -0.2) is 18.0 Å². The molecule has 1 aromatic rings. The van der Waals surface area contributed by atoms with Crippen molar-refractivity contribution in [1.82, 2.24) is 5.32 Å². The number of hydrogen-bond donors (Lipinski definition) is 2. The van der Waals surface area contributed by atoms with Crippen molar-refractivity contribution in [1.29, 1.82) is 0 Å². The van der Waals surface area contributed by atoms with E-state index in [2.05, 4.69) is 36.6 Å². The summed E-state index contributed by atoms with van der Waals surface area (Å²) < 4.78 is 0. The molecule has 3 heteroatoms. The lowest BCUT2D eigenvalue weighted by Gasteiger charge is -2.33. The van der Waals surface area contributed by atoms with Gasteiger partial charge in [-0.25, -0.2) is 0 Å². The third-order valence-corrected chi connectivity index (χ3v) is 3.96. The van der Waals surface area contributed by atoms with Crippen molar-refractivity contribution in [3.8, 4) is 0 Å². The molecule has 1 aromatic carbocycles. The molecular weight excluding hydrogens is 236 g/mol. The molecule has 0 radical (unpaired) electrons. The lowest BCUT2D eigenvalue weighted by atomic mass is 9.90. The van der Waals surface area contributed by atoms with Gasteiger partial charge >= 0.3 is 0 Å². The van der Waals surface area contributed by atoms with Gasteiger partial charge in [-0.2, -0.15) is 0 Å². The van der Waals surface area contributed by atoms with Gasteiger partial charge in [0.05, 0.1) is 5.54 Å². The van der Waals surface area contributed by atoms with E-state index in [0.29, 0.717) is 5.92 Å². The van der Waals surface area contributed by atoms with Gasteiger partial charge < -0.3 is 10.6 Å². The molecule has 19 heavy (non-hydrogen) atoms. The van der Waals surface area contributed by atoms with E-state index in [0.717, 1.165) is 31.5 Å². The quantitative estimate of drug-likeness (QED) is 0.875. The van der Waals surface area contributed by atoms with Gasteiger partial charge in [-0.3, -0.25) is 4.79 Å². The van der Waals surface area contributed by atoms with Crippen LogP contribution < -0.4 is 10.6 Å². The summed E-state index contributed by atoms with van der Waals surface area (Å²) in [5.41, 5.74) is 1.75. The van der Waals surface area contributed by atoms with Gasteiger partial charge in [0, 0.05) is 5.69 Å². The molecule has 2 rings (SSSR count). The van der Waals surface area contributed by atoms with Gasteiger partial charge in [0.1, 0.15) is 0 Å². The Kier molecular flexibility index (Phi) is 4.25. The van der Waals surface area contributed by atoms with Crippen LogP contribution in [0.1, 0.15) is 51.5 Å². The maximum atomic E-state index is 12.3. The molecule has 104 valence electrons. The number of carbonyl (C=O) groups is 1. The van der Waals surface area contributed by atoms with Crippen LogP contribution in [0.5, 0.6) is 0 Å². The fraction of sp³-hybridized carbons (Fsp3) is 0.562. The first kappa shape index (κ1) is 14.1. The Balaban J connectivity index is 2.02. The maximum Gasteiger partial charge on any atom is 0.244 e. The highest BCUT2D eigenvalue weighted by molar-refractivity contribution is 5.97. The Morgan fingerprint density at radius 1 is 1.26 bits per heavy atom. The predicted molar refractivity (Wildman–Crippen MR) is 79.4 cm³/mol. The standard InChI is InChI=1S/C16H24N2O/c1-12(2)13-6-8-14(9-7-13)18-15(19)16(3)10-4-5-11-17-16/h6-9,12,17H,4-5,10-11H2,1-3H3,(H,18,19). The summed E-state index contributed by atoms with van der Waals surface area (Å²) in [7, 11) is 0. The van der Waals surface area contributed by atoms with Gasteiger partial charge in [0.15, 0.2) is 0 Å². The monoisotopic (exact) mass is 260 g/mol. The van der Waals surface area contributed by atoms with Crippen LogP contribution in [0.15, 0.2) is 24.3 Å². The molecule has 1 heterocycles. The fourth-order valence-corrected chi connectivity index (χ4v) is 2.47. The van der Waals surface area contributed by atoms with Crippen molar-refractivity contribution in [3.63, 3.8) is 0 Å². The highest BCUT2D eigenvalue weighted by Gasteiger charge is 2.34. The van der Waals surface area contributed by atoms with Crippen LogP contribution in [0.4, 0.5) is 5.69 Å². The molecule has 1 aliphatic heterocycles. The van der Waals surface area contributed by atoms with E-state index in [1.165, 1.54) is 5.56 Å². The lowest BCUT2D eigenvalue weighted by molar-refractivity contribution is -0.122. The summed E-state index contributed by atoms with van der Waals surface area (Å²) in [6, 6.07) is 8.13. The van der Waals surface area contributed by atoms with Crippen molar-refractivity contribution in [2.24, 2.45) is 0 Å². The van der Waals surface area contributed by atoms with E-state index >= 15 is 0 Å². The first-order chi connectivity index (χ1) is 9.01. The normalized spacial score (nSPS) is 23.4. The van der Waals surface area contributed by atoms with Gasteiger partial charge in [-0.05, 0) is 56.3 Å². The van der Waals surface area contributed by atoms with E-state index in [-0.39, 0.29) is 5.91 Å². The average Bonchev–Trinajstić information content (AvgIpc) is 2.40. The van der Waals surface area contributed by atoms with Crippen LogP contribution in [0.3, 0.4) is 0 Å². The summed E-state index contributed by atoms with van der Waals surface area (Å²) in [5.74, 6) is 0.590. The first-order valence-electron chi connectivity index (χ1n) is 7.18. The summed E-state index contributed by atoms with van der Waals surface area (Å²) in [6.07, 6.45) is 3.18. The highest BCUT2D eigenvalue weighted by atomic mass is 16.2. The Labute approximate surface area is 115 Å². The zero-order valence-corrected chi connectivity index (χ0v) is 12.1. The largest absolute Gasteiger partial charge is 0.324 e. The molecule has 0 spiro atoms. The Morgan fingerprint density at radius 3 is 2.47 bits per heavy atom. The highest BCUT2D eigenvalue weighted by Crippen LogP contribution is 2.22. The molecule has 3 nitrogen and oxygen atoms in total. The summed E-state index contributed by atoms with van der Waals surface area (Å²) in [5, 5.41) is 6.35. The van der Waals surface area contributed by atoms with Crippen molar-refractivity contribution in [2.75, 3.05) is 11.9 Å². The number of rotatable bonds is 3. The second-order valence-electron chi connectivity index (χ2n) is 5.95. The number of nitrogens with one attached hydrogen (secondary N) is 2. The fourth-order valence-electron chi connectivity index (χ4n) is 2.47. The molecule has 0 bridgehead atoms. The minimum atomic E-state index is -0.422. The minimum Gasteiger partial charge on any atom is -0.324 e. The number of benzene rings is 1. The summed E-state index contributed by atoms with van der Waals surface area (Å²) in [6.45, 7) is 7.25. The van der Waals surface area contributed by atoms with Gasteiger partial charge in [-0.1, -0.05) is 26.0 Å². The van der Waals surface area contributed by atoms with Crippen LogP contribution in [0, 0.1) is 0 Å². The number of carbonyl (C=O) groups excluding carboxylic acids is 1. The predicted octanol–water partition coefficient (Wildman–Crippen LogP) is 3.28. The second kappa shape index (κ2) is 5.74. The smallest absolute Gasteiger partial charge is 0.244 e. The van der Waals surface area contributed by atoms with E-state index in [1.54, 1.807) is 0 Å². The number of hydrogen-bond acceptors (Lipinski definition) is 2. The molecule has 2 N–H and O–H groups in total. The molecule has 1 unspecified atom stereocenters. The maximum absolute atomic E-state index is 12.3. The molecule has 1 amide bonds. The van der Waals surface area contributed by atoms with Crippen LogP contribution in [-0.2, 0) is 4.79 Å². The topological polar surface area (TPSA) is 41.1 Å². The Bertz CT molecular complexity index is 431. The number of amides is 1. The van der Waals surface area contributed by atoms with Crippen LogP contribution >= 0.6 is 0 Å². The van der Waals surface area contributed by atoms with Crippen LogP contribution in [0.25, 0.3) is 0 Å². The third kappa shape index (κ3) is 3.35. The summed E-state index contributed by atoms with van der Waals surface area (Å²) >= 11 is 0. The van der Waals surface area contributed by atoms with Crippen molar-refractivity contribution in [2.45, 2.75) is 51.5 Å². The van der Waals surface area contributed by atoms with E-state index in [9.17, 15) is 4.79 Å². The van der Waals surface area contributed by atoms with E-state index in [4.69, 9.17) is 0 Å². The van der Waals surface area contributed by atoms with Crippen molar-refractivity contribution < 1.29 is 4.79 Å². The number of piperidine rings is 1. The number of anilines is 1. The van der Waals surface area contributed by atoms with Crippen molar-refractivity contribution >= 4 is 11.6 Å². The van der Waals surface area contributed by atoms with Gasteiger partial charge in [0.2, 0.25) is 5.91 Å². The van der Waals surface area contributed by atoms with Gasteiger partial charge in [-0.15, -0.1) is 0 Å². The molecule has 1 saturated heterocycles.